The topological polar surface area (TPSA) is 26.0 Å². The number of hydrogen-bond acceptors (Lipinski definition) is 1. The summed E-state index contributed by atoms with van der Waals surface area (Å²) in [5.74, 6) is 6.73. The third-order valence-corrected chi connectivity index (χ3v) is 2.18. The molecule has 1 rings (SSSR count). The molecule has 0 unspecified atom stereocenters. The van der Waals surface area contributed by atoms with Crippen LogP contribution < -0.4 is 5.73 Å². The smallest absolute Gasteiger partial charge is 0.0333 e. The third-order valence-electron chi connectivity index (χ3n) is 1.99. The first kappa shape index (κ1) is 10.9. The second-order valence-corrected chi connectivity index (χ2v) is 3.65. The van der Waals surface area contributed by atoms with Crippen LogP contribution in [0.5, 0.6) is 0 Å². The number of halogens is 1. The van der Waals surface area contributed by atoms with Gasteiger partial charge in [-0.15, -0.1) is 11.6 Å². The quantitative estimate of drug-likeness (QED) is 0.428. The number of anilines is 1. The van der Waals surface area contributed by atoms with Crippen molar-refractivity contribution in [3.8, 4) is 11.8 Å². The van der Waals surface area contributed by atoms with Crippen LogP contribution in [0.25, 0.3) is 0 Å². The van der Waals surface area contributed by atoms with Gasteiger partial charge in [0.25, 0.3) is 0 Å². The van der Waals surface area contributed by atoms with Gasteiger partial charge in [-0.1, -0.05) is 11.8 Å². The number of alkyl halides is 1. The lowest BCUT2D eigenvalue weighted by molar-refractivity contribution is 1.28. The molecule has 0 bridgehead atoms. The number of hydrogen-bond donors (Lipinski definition) is 1. The summed E-state index contributed by atoms with van der Waals surface area (Å²) in [5.41, 5.74) is 9.84. The van der Waals surface area contributed by atoms with Gasteiger partial charge in [0.2, 0.25) is 0 Å². The zero-order valence-corrected chi connectivity index (χ0v) is 9.28. The highest BCUT2D eigenvalue weighted by Gasteiger charge is 2.00. The molecule has 0 aliphatic rings. The van der Waals surface area contributed by atoms with E-state index in [1.807, 2.05) is 26.0 Å². The minimum Gasteiger partial charge on any atom is -0.399 e. The molecule has 0 saturated heterocycles. The van der Waals surface area contributed by atoms with Gasteiger partial charge in [0, 0.05) is 23.6 Å². The summed E-state index contributed by atoms with van der Waals surface area (Å²) in [7, 11) is 0. The summed E-state index contributed by atoms with van der Waals surface area (Å²) in [6.07, 6.45) is 0.727. The van der Waals surface area contributed by atoms with Gasteiger partial charge in [0.15, 0.2) is 0 Å². The van der Waals surface area contributed by atoms with Crippen LogP contribution in [-0.4, -0.2) is 5.88 Å². The average Bonchev–Trinajstić information content (AvgIpc) is 2.09. The van der Waals surface area contributed by atoms with Crippen molar-refractivity contribution in [1.29, 1.82) is 0 Å². The molecular formula is C12H14ClN. The van der Waals surface area contributed by atoms with Crippen LogP contribution >= 0.6 is 11.6 Å². The number of nitrogen functional groups attached to an aromatic ring is 1. The van der Waals surface area contributed by atoms with Crippen LogP contribution in [0.2, 0.25) is 0 Å². The van der Waals surface area contributed by atoms with Gasteiger partial charge < -0.3 is 5.73 Å². The fourth-order valence-electron chi connectivity index (χ4n) is 1.39. The van der Waals surface area contributed by atoms with E-state index >= 15 is 0 Å². The summed E-state index contributed by atoms with van der Waals surface area (Å²) in [6.45, 7) is 4.04. The molecule has 1 aromatic rings. The lowest BCUT2D eigenvalue weighted by Crippen LogP contribution is -1.92. The first-order chi connectivity index (χ1) is 6.65. The van der Waals surface area contributed by atoms with E-state index < -0.39 is 0 Å². The Morgan fingerprint density at radius 1 is 1.29 bits per heavy atom. The van der Waals surface area contributed by atoms with Crippen molar-refractivity contribution in [3.63, 3.8) is 0 Å². The van der Waals surface area contributed by atoms with E-state index in [9.17, 15) is 0 Å². The normalized spacial score (nSPS) is 9.36. The van der Waals surface area contributed by atoms with Gasteiger partial charge in [-0.05, 0) is 37.1 Å². The molecule has 0 spiro atoms. The van der Waals surface area contributed by atoms with Gasteiger partial charge in [-0.2, -0.15) is 0 Å². The maximum absolute atomic E-state index is 5.71. The highest BCUT2D eigenvalue weighted by molar-refractivity contribution is 6.18. The van der Waals surface area contributed by atoms with Gasteiger partial charge >= 0.3 is 0 Å². The summed E-state index contributed by atoms with van der Waals surface area (Å²) in [6, 6.07) is 3.88. The second kappa shape index (κ2) is 4.93. The predicted octanol–water partition coefficient (Wildman–Crippen LogP) is 2.87. The van der Waals surface area contributed by atoms with Crippen molar-refractivity contribution in [1.82, 2.24) is 0 Å². The number of aryl methyl sites for hydroxylation is 2. The van der Waals surface area contributed by atoms with E-state index in [0.717, 1.165) is 28.8 Å². The zero-order chi connectivity index (χ0) is 10.6. The van der Waals surface area contributed by atoms with Crippen LogP contribution in [0.3, 0.4) is 0 Å². The highest BCUT2D eigenvalue weighted by atomic mass is 35.5. The Morgan fingerprint density at radius 3 is 2.36 bits per heavy atom. The van der Waals surface area contributed by atoms with Gasteiger partial charge in [-0.25, -0.2) is 0 Å². The molecular weight excluding hydrogens is 194 g/mol. The van der Waals surface area contributed by atoms with E-state index in [1.54, 1.807) is 0 Å². The Hall–Kier alpha value is -1.13. The summed E-state index contributed by atoms with van der Waals surface area (Å²) in [4.78, 5) is 0. The number of benzene rings is 1. The molecule has 2 heteroatoms. The number of rotatable bonds is 1. The van der Waals surface area contributed by atoms with E-state index in [2.05, 4.69) is 11.8 Å². The predicted molar refractivity (Wildman–Crippen MR) is 62.5 cm³/mol. The molecule has 1 nitrogen and oxygen atoms in total. The van der Waals surface area contributed by atoms with Crippen molar-refractivity contribution in [2.75, 3.05) is 11.6 Å². The standard InChI is InChI=1S/C12H14ClN/c1-9-7-11(14)8-10(2)12(9)5-3-4-6-13/h7-8H,4,6,14H2,1-2H3. The molecule has 0 aliphatic heterocycles. The maximum Gasteiger partial charge on any atom is 0.0333 e. The van der Waals surface area contributed by atoms with Crippen LogP contribution in [0.4, 0.5) is 5.69 Å². The van der Waals surface area contributed by atoms with Crippen LogP contribution in [0.1, 0.15) is 23.1 Å². The molecule has 74 valence electrons. The van der Waals surface area contributed by atoms with E-state index in [0.29, 0.717) is 5.88 Å². The Bertz CT molecular complexity index is 362. The first-order valence-corrected chi connectivity index (χ1v) is 5.10. The van der Waals surface area contributed by atoms with Crippen molar-refractivity contribution in [2.45, 2.75) is 20.3 Å². The van der Waals surface area contributed by atoms with Gasteiger partial charge in [-0.3, -0.25) is 0 Å². The molecule has 0 amide bonds. The molecule has 0 heterocycles. The van der Waals surface area contributed by atoms with Crippen molar-refractivity contribution < 1.29 is 0 Å². The Balaban J connectivity index is 3.04. The fourth-order valence-corrected chi connectivity index (χ4v) is 1.49. The van der Waals surface area contributed by atoms with Crippen molar-refractivity contribution in [3.05, 3.63) is 28.8 Å². The minimum atomic E-state index is 0.583. The molecule has 0 radical (unpaired) electrons. The molecule has 1 aromatic carbocycles. The van der Waals surface area contributed by atoms with Gasteiger partial charge in [0.1, 0.15) is 0 Å². The lowest BCUT2D eigenvalue weighted by Gasteiger charge is -2.04. The first-order valence-electron chi connectivity index (χ1n) is 4.56. The fraction of sp³-hybridized carbons (Fsp3) is 0.333. The highest BCUT2D eigenvalue weighted by Crippen LogP contribution is 2.16. The number of nitrogens with two attached hydrogens (primary N) is 1. The molecule has 2 N–H and O–H groups in total. The minimum absolute atomic E-state index is 0.583. The summed E-state index contributed by atoms with van der Waals surface area (Å²) < 4.78 is 0. The van der Waals surface area contributed by atoms with E-state index in [4.69, 9.17) is 17.3 Å². The average molecular weight is 208 g/mol. The van der Waals surface area contributed by atoms with Crippen LogP contribution in [0, 0.1) is 25.7 Å². The van der Waals surface area contributed by atoms with Crippen molar-refractivity contribution >= 4 is 17.3 Å². The van der Waals surface area contributed by atoms with E-state index in [1.165, 1.54) is 0 Å². The third kappa shape index (κ3) is 2.68. The monoisotopic (exact) mass is 207 g/mol. The Kier molecular flexibility index (Phi) is 3.85. The van der Waals surface area contributed by atoms with E-state index in [-0.39, 0.29) is 0 Å². The molecule has 0 aromatic heterocycles. The molecule has 14 heavy (non-hydrogen) atoms. The SMILES string of the molecule is Cc1cc(N)cc(C)c1C#CCCCl. The Labute approximate surface area is 90.3 Å². The van der Waals surface area contributed by atoms with Crippen molar-refractivity contribution in [2.24, 2.45) is 0 Å². The molecule has 0 aliphatic carbocycles. The molecule has 0 saturated carbocycles. The van der Waals surface area contributed by atoms with Crippen LogP contribution in [-0.2, 0) is 0 Å². The second-order valence-electron chi connectivity index (χ2n) is 3.27. The summed E-state index contributed by atoms with van der Waals surface area (Å²) in [5, 5.41) is 0. The molecule has 0 atom stereocenters. The van der Waals surface area contributed by atoms with Gasteiger partial charge in [0.05, 0.1) is 0 Å². The Morgan fingerprint density at radius 2 is 1.86 bits per heavy atom. The maximum atomic E-state index is 5.71. The lowest BCUT2D eigenvalue weighted by atomic mass is 10.0. The summed E-state index contributed by atoms with van der Waals surface area (Å²) >= 11 is 5.55. The molecule has 0 fully saturated rings. The van der Waals surface area contributed by atoms with Crippen LogP contribution in [0.15, 0.2) is 12.1 Å². The largest absolute Gasteiger partial charge is 0.399 e. The zero-order valence-electron chi connectivity index (χ0n) is 8.52.